The molecule has 0 radical (unpaired) electrons. The lowest BCUT2D eigenvalue weighted by molar-refractivity contribution is -0.137. The van der Waals surface area contributed by atoms with E-state index in [1.807, 2.05) is 0 Å². The highest BCUT2D eigenvalue weighted by Gasteiger charge is 2.38. The first-order chi connectivity index (χ1) is 10.2. The second-order valence-electron chi connectivity index (χ2n) is 6.37. The van der Waals surface area contributed by atoms with Crippen molar-refractivity contribution < 1.29 is 9.90 Å². The first-order valence-corrected chi connectivity index (χ1v) is 7.95. The zero-order valence-corrected chi connectivity index (χ0v) is 12.4. The van der Waals surface area contributed by atoms with Gasteiger partial charge >= 0.3 is 5.97 Å². The summed E-state index contributed by atoms with van der Waals surface area (Å²) in [5, 5.41) is 12.4. The van der Waals surface area contributed by atoms with Gasteiger partial charge in [-0.05, 0) is 37.4 Å². The van der Waals surface area contributed by atoms with Gasteiger partial charge in [0.25, 0.3) is 0 Å². The topological polar surface area (TPSA) is 52.6 Å². The fraction of sp³-hybridized carbons (Fsp3) is 0.588. The van der Waals surface area contributed by atoms with E-state index >= 15 is 0 Å². The lowest BCUT2D eigenvalue weighted by atomic mass is 10.1. The molecule has 2 fully saturated rings. The van der Waals surface area contributed by atoms with Crippen molar-refractivity contribution in [1.82, 2.24) is 10.2 Å². The summed E-state index contributed by atoms with van der Waals surface area (Å²) in [6.45, 7) is 3.86. The molecule has 2 aliphatic rings. The van der Waals surface area contributed by atoms with Crippen molar-refractivity contribution in [3.8, 4) is 0 Å². The Kier molecular flexibility index (Phi) is 4.56. The summed E-state index contributed by atoms with van der Waals surface area (Å²) in [7, 11) is 0. The average Bonchev–Trinajstić information content (AvgIpc) is 3.13. The van der Waals surface area contributed by atoms with Crippen LogP contribution in [0.2, 0.25) is 0 Å². The highest BCUT2D eigenvalue weighted by Crippen LogP contribution is 2.40. The molecular formula is C17H24N2O2. The zero-order chi connectivity index (χ0) is 14.7. The fourth-order valence-electron chi connectivity index (χ4n) is 3.34. The molecule has 1 aromatic rings. The predicted octanol–water partition coefficient (Wildman–Crippen LogP) is 1.93. The third-order valence-electron chi connectivity index (χ3n) is 4.70. The van der Waals surface area contributed by atoms with Crippen LogP contribution in [0.15, 0.2) is 30.3 Å². The van der Waals surface area contributed by atoms with Crippen molar-refractivity contribution in [2.45, 2.75) is 31.2 Å². The second kappa shape index (κ2) is 6.58. The van der Waals surface area contributed by atoms with Crippen molar-refractivity contribution in [2.75, 3.05) is 26.2 Å². The maximum atomic E-state index is 10.6. The molecule has 0 bridgehead atoms. The molecule has 4 nitrogen and oxygen atoms in total. The molecule has 1 saturated carbocycles. The zero-order valence-electron chi connectivity index (χ0n) is 12.4. The molecule has 3 rings (SSSR count). The van der Waals surface area contributed by atoms with E-state index in [9.17, 15) is 4.79 Å². The Hall–Kier alpha value is -1.39. The Morgan fingerprint density at radius 2 is 2.14 bits per heavy atom. The summed E-state index contributed by atoms with van der Waals surface area (Å²) in [6.07, 6.45) is 2.70. The molecule has 2 N–H and O–H groups in total. The van der Waals surface area contributed by atoms with E-state index in [1.54, 1.807) is 0 Å². The number of benzene rings is 1. The molecule has 114 valence electrons. The van der Waals surface area contributed by atoms with Gasteiger partial charge in [-0.2, -0.15) is 0 Å². The van der Waals surface area contributed by atoms with Crippen molar-refractivity contribution in [1.29, 1.82) is 0 Å². The number of hydrogen-bond donors (Lipinski definition) is 2. The highest BCUT2D eigenvalue weighted by molar-refractivity contribution is 5.66. The minimum atomic E-state index is -0.694. The number of nitrogens with zero attached hydrogens (tertiary/aromatic N) is 1. The Morgan fingerprint density at radius 3 is 2.90 bits per heavy atom. The van der Waals surface area contributed by atoms with Gasteiger partial charge in [0.1, 0.15) is 0 Å². The lowest BCUT2D eigenvalue weighted by Gasteiger charge is -2.15. The number of rotatable bonds is 7. The van der Waals surface area contributed by atoms with Crippen LogP contribution in [-0.2, 0) is 4.79 Å². The van der Waals surface area contributed by atoms with E-state index in [0.29, 0.717) is 24.4 Å². The summed E-state index contributed by atoms with van der Waals surface area (Å²) in [5.41, 5.74) is 1.45. The van der Waals surface area contributed by atoms with Crippen LogP contribution < -0.4 is 5.32 Å². The number of aliphatic carboxylic acids is 1. The van der Waals surface area contributed by atoms with Crippen molar-refractivity contribution in [2.24, 2.45) is 5.92 Å². The van der Waals surface area contributed by atoms with Gasteiger partial charge in [-0.15, -0.1) is 0 Å². The molecule has 3 unspecified atom stereocenters. The standard InChI is InChI=1S/C17H24N2O2/c20-17(21)7-9-19-8-6-13(12-19)11-18-16-10-15(16)14-4-2-1-3-5-14/h1-5,13,15-16,18H,6-12H2,(H,20,21). The number of nitrogens with one attached hydrogen (secondary N) is 1. The first-order valence-electron chi connectivity index (χ1n) is 7.95. The van der Waals surface area contributed by atoms with Crippen molar-refractivity contribution in [3.05, 3.63) is 35.9 Å². The van der Waals surface area contributed by atoms with Crippen LogP contribution in [0.4, 0.5) is 0 Å². The Bertz CT molecular complexity index is 477. The molecule has 1 aliphatic heterocycles. The lowest BCUT2D eigenvalue weighted by Crippen LogP contribution is -2.29. The molecule has 1 aliphatic carbocycles. The van der Waals surface area contributed by atoms with E-state index in [0.717, 1.165) is 19.6 Å². The smallest absolute Gasteiger partial charge is 0.304 e. The SMILES string of the molecule is O=C(O)CCN1CCC(CNC2CC2c2ccccc2)C1. The monoisotopic (exact) mass is 288 g/mol. The number of carbonyl (C=O) groups is 1. The van der Waals surface area contributed by atoms with Crippen LogP contribution in [0.3, 0.4) is 0 Å². The fourth-order valence-corrected chi connectivity index (χ4v) is 3.34. The molecule has 1 saturated heterocycles. The van der Waals surface area contributed by atoms with Gasteiger partial charge < -0.3 is 15.3 Å². The van der Waals surface area contributed by atoms with Crippen LogP contribution in [0.25, 0.3) is 0 Å². The summed E-state index contributed by atoms with van der Waals surface area (Å²) in [5.74, 6) is 0.673. The van der Waals surface area contributed by atoms with Crippen LogP contribution in [-0.4, -0.2) is 48.2 Å². The summed E-state index contributed by atoms with van der Waals surface area (Å²) in [4.78, 5) is 12.9. The molecule has 4 heteroatoms. The number of hydrogen-bond acceptors (Lipinski definition) is 3. The quantitative estimate of drug-likeness (QED) is 0.805. The summed E-state index contributed by atoms with van der Waals surface area (Å²) in [6, 6.07) is 11.4. The largest absolute Gasteiger partial charge is 0.481 e. The molecule has 21 heavy (non-hydrogen) atoms. The Morgan fingerprint density at radius 1 is 1.33 bits per heavy atom. The van der Waals surface area contributed by atoms with Gasteiger partial charge in [-0.25, -0.2) is 0 Å². The number of carboxylic acids is 1. The van der Waals surface area contributed by atoms with E-state index in [2.05, 4.69) is 40.5 Å². The molecule has 0 aromatic heterocycles. The van der Waals surface area contributed by atoms with Gasteiger partial charge in [0.05, 0.1) is 6.42 Å². The molecular weight excluding hydrogens is 264 g/mol. The normalized spacial score (nSPS) is 28.7. The molecule has 1 aromatic carbocycles. The predicted molar refractivity (Wildman–Crippen MR) is 82.4 cm³/mol. The van der Waals surface area contributed by atoms with E-state index < -0.39 is 5.97 Å². The van der Waals surface area contributed by atoms with Crippen LogP contribution in [0.5, 0.6) is 0 Å². The van der Waals surface area contributed by atoms with Crippen LogP contribution in [0, 0.1) is 5.92 Å². The third kappa shape index (κ3) is 4.05. The van der Waals surface area contributed by atoms with E-state index in [4.69, 9.17) is 5.11 Å². The minimum Gasteiger partial charge on any atom is -0.481 e. The molecule has 0 spiro atoms. The maximum absolute atomic E-state index is 10.6. The first kappa shape index (κ1) is 14.5. The third-order valence-corrected chi connectivity index (χ3v) is 4.70. The van der Waals surface area contributed by atoms with Gasteiger partial charge in [0.2, 0.25) is 0 Å². The number of likely N-dealkylation sites (tertiary alicyclic amines) is 1. The molecule has 3 atom stereocenters. The Labute approximate surface area is 126 Å². The van der Waals surface area contributed by atoms with Gasteiger partial charge in [0.15, 0.2) is 0 Å². The molecule has 1 heterocycles. The van der Waals surface area contributed by atoms with Crippen LogP contribution in [0.1, 0.15) is 30.7 Å². The maximum Gasteiger partial charge on any atom is 0.304 e. The van der Waals surface area contributed by atoms with Gasteiger partial charge in [-0.3, -0.25) is 4.79 Å². The van der Waals surface area contributed by atoms with E-state index in [-0.39, 0.29) is 6.42 Å². The van der Waals surface area contributed by atoms with Crippen molar-refractivity contribution in [3.63, 3.8) is 0 Å². The van der Waals surface area contributed by atoms with E-state index in [1.165, 1.54) is 18.4 Å². The minimum absolute atomic E-state index is 0.263. The second-order valence-corrected chi connectivity index (χ2v) is 6.37. The van der Waals surface area contributed by atoms with Crippen LogP contribution >= 0.6 is 0 Å². The molecule has 0 amide bonds. The van der Waals surface area contributed by atoms with Gasteiger partial charge in [0, 0.05) is 25.0 Å². The average molecular weight is 288 g/mol. The summed E-state index contributed by atoms with van der Waals surface area (Å²) >= 11 is 0. The highest BCUT2D eigenvalue weighted by atomic mass is 16.4. The number of carboxylic acid groups (broad SMARTS) is 1. The van der Waals surface area contributed by atoms with Gasteiger partial charge in [-0.1, -0.05) is 30.3 Å². The summed E-state index contributed by atoms with van der Waals surface area (Å²) < 4.78 is 0. The van der Waals surface area contributed by atoms with Crippen molar-refractivity contribution >= 4 is 5.97 Å². The Balaban J connectivity index is 1.35.